The van der Waals surface area contributed by atoms with Crippen LogP contribution in [0, 0.1) is 5.92 Å². The van der Waals surface area contributed by atoms with Gasteiger partial charge in [0, 0.05) is 26.1 Å². The van der Waals surface area contributed by atoms with Crippen molar-refractivity contribution in [1.82, 2.24) is 10.2 Å². The third kappa shape index (κ3) is 5.17. The van der Waals surface area contributed by atoms with Crippen molar-refractivity contribution in [3.8, 4) is 0 Å². The molecule has 0 aromatic carbocycles. The molecule has 17 heavy (non-hydrogen) atoms. The van der Waals surface area contributed by atoms with Gasteiger partial charge < -0.3 is 15.3 Å². The van der Waals surface area contributed by atoms with Gasteiger partial charge >= 0.3 is 0 Å². The lowest BCUT2D eigenvalue weighted by atomic mass is 10.1. The van der Waals surface area contributed by atoms with Crippen molar-refractivity contribution < 1.29 is 14.7 Å². The number of hydrogen-bond donors (Lipinski definition) is 2. The Labute approximate surface area is 102 Å². The average Bonchev–Trinajstić information content (AvgIpc) is 2.30. The molecule has 1 heterocycles. The molecule has 5 nitrogen and oxygen atoms in total. The van der Waals surface area contributed by atoms with E-state index in [-0.39, 0.29) is 30.9 Å². The maximum atomic E-state index is 11.6. The standard InChI is InChI=1S/C12H22N2O3/c1-10(5-7-15)8-13-11(16)9-14-6-3-2-4-12(14)17/h10,15H,2-9H2,1H3,(H,13,16). The van der Waals surface area contributed by atoms with Crippen LogP contribution in [0.4, 0.5) is 0 Å². The van der Waals surface area contributed by atoms with Crippen LogP contribution < -0.4 is 5.32 Å². The van der Waals surface area contributed by atoms with E-state index >= 15 is 0 Å². The second-order valence-corrected chi connectivity index (χ2v) is 4.69. The van der Waals surface area contributed by atoms with Crippen LogP contribution >= 0.6 is 0 Å². The molecule has 0 spiro atoms. The summed E-state index contributed by atoms with van der Waals surface area (Å²) >= 11 is 0. The second-order valence-electron chi connectivity index (χ2n) is 4.69. The summed E-state index contributed by atoms with van der Waals surface area (Å²) in [6.45, 7) is 3.54. The zero-order valence-electron chi connectivity index (χ0n) is 10.4. The quantitative estimate of drug-likeness (QED) is 0.696. The fraction of sp³-hybridized carbons (Fsp3) is 0.833. The third-order valence-corrected chi connectivity index (χ3v) is 3.03. The molecule has 1 rings (SSSR count). The number of hydrogen-bond acceptors (Lipinski definition) is 3. The van der Waals surface area contributed by atoms with Crippen LogP contribution in [0.5, 0.6) is 0 Å². The van der Waals surface area contributed by atoms with Crippen LogP contribution in [0.15, 0.2) is 0 Å². The lowest BCUT2D eigenvalue weighted by Gasteiger charge is -2.26. The number of amides is 2. The molecule has 2 N–H and O–H groups in total. The van der Waals surface area contributed by atoms with Crippen molar-refractivity contribution in [3.05, 3.63) is 0 Å². The molecule has 1 aliphatic rings. The van der Waals surface area contributed by atoms with Crippen LogP contribution in [0.2, 0.25) is 0 Å². The maximum Gasteiger partial charge on any atom is 0.239 e. The zero-order chi connectivity index (χ0) is 12.7. The number of rotatable bonds is 6. The van der Waals surface area contributed by atoms with E-state index in [1.807, 2.05) is 6.92 Å². The number of aliphatic hydroxyl groups is 1. The van der Waals surface area contributed by atoms with Gasteiger partial charge in [0.1, 0.15) is 0 Å². The molecule has 1 unspecified atom stereocenters. The molecule has 98 valence electrons. The molecule has 0 aromatic heterocycles. The number of nitrogens with one attached hydrogen (secondary N) is 1. The monoisotopic (exact) mass is 242 g/mol. The number of aliphatic hydroxyl groups excluding tert-OH is 1. The van der Waals surface area contributed by atoms with Crippen LogP contribution in [0.1, 0.15) is 32.6 Å². The van der Waals surface area contributed by atoms with Crippen molar-refractivity contribution in [2.24, 2.45) is 5.92 Å². The zero-order valence-corrected chi connectivity index (χ0v) is 10.4. The minimum absolute atomic E-state index is 0.0785. The van der Waals surface area contributed by atoms with Gasteiger partial charge in [-0.05, 0) is 25.2 Å². The first-order valence-electron chi connectivity index (χ1n) is 6.29. The number of carbonyl (C=O) groups excluding carboxylic acids is 2. The van der Waals surface area contributed by atoms with E-state index < -0.39 is 0 Å². The van der Waals surface area contributed by atoms with Crippen molar-refractivity contribution in [2.75, 3.05) is 26.2 Å². The highest BCUT2D eigenvalue weighted by molar-refractivity contribution is 5.85. The van der Waals surface area contributed by atoms with E-state index in [0.717, 1.165) is 12.8 Å². The molecule has 0 saturated carbocycles. The Balaban J connectivity index is 2.22. The number of nitrogens with zero attached hydrogens (tertiary/aromatic N) is 1. The number of carbonyl (C=O) groups is 2. The molecule has 1 atom stereocenters. The second kappa shape index (κ2) is 7.27. The Hall–Kier alpha value is -1.10. The van der Waals surface area contributed by atoms with E-state index in [2.05, 4.69) is 5.32 Å². The van der Waals surface area contributed by atoms with Crippen LogP contribution in [0.25, 0.3) is 0 Å². The van der Waals surface area contributed by atoms with E-state index in [0.29, 0.717) is 25.9 Å². The molecule has 0 bridgehead atoms. The SMILES string of the molecule is CC(CCO)CNC(=O)CN1CCCCC1=O. The Kier molecular flexibility index (Phi) is 5.97. The average molecular weight is 242 g/mol. The summed E-state index contributed by atoms with van der Waals surface area (Å²) in [5.74, 6) is 0.237. The van der Waals surface area contributed by atoms with Gasteiger partial charge in [-0.15, -0.1) is 0 Å². The summed E-state index contributed by atoms with van der Waals surface area (Å²) in [4.78, 5) is 24.7. The number of likely N-dealkylation sites (tertiary alicyclic amines) is 1. The van der Waals surface area contributed by atoms with Gasteiger partial charge in [0.2, 0.25) is 11.8 Å². The van der Waals surface area contributed by atoms with Gasteiger partial charge in [-0.1, -0.05) is 6.92 Å². The summed E-state index contributed by atoms with van der Waals surface area (Å²) in [5, 5.41) is 11.5. The number of piperidine rings is 1. The molecule has 1 aliphatic heterocycles. The van der Waals surface area contributed by atoms with Gasteiger partial charge in [-0.25, -0.2) is 0 Å². The Morgan fingerprint density at radius 2 is 2.29 bits per heavy atom. The lowest BCUT2D eigenvalue weighted by Crippen LogP contribution is -2.43. The maximum absolute atomic E-state index is 11.6. The first-order valence-corrected chi connectivity index (χ1v) is 6.29. The first-order chi connectivity index (χ1) is 8.13. The molecule has 1 fully saturated rings. The van der Waals surface area contributed by atoms with Crippen LogP contribution in [0.3, 0.4) is 0 Å². The van der Waals surface area contributed by atoms with Gasteiger partial charge in [-0.3, -0.25) is 9.59 Å². The molecule has 2 amide bonds. The van der Waals surface area contributed by atoms with E-state index in [9.17, 15) is 9.59 Å². The minimum Gasteiger partial charge on any atom is -0.396 e. The van der Waals surface area contributed by atoms with Crippen molar-refractivity contribution in [3.63, 3.8) is 0 Å². The molecule has 1 saturated heterocycles. The molecule has 5 heteroatoms. The normalized spacial score (nSPS) is 18.0. The van der Waals surface area contributed by atoms with E-state index in [1.54, 1.807) is 4.90 Å². The minimum atomic E-state index is -0.106. The first kappa shape index (κ1) is 14.0. The Bertz CT molecular complexity index is 268. The smallest absolute Gasteiger partial charge is 0.239 e. The van der Waals surface area contributed by atoms with Gasteiger partial charge in [-0.2, -0.15) is 0 Å². The third-order valence-electron chi connectivity index (χ3n) is 3.03. The van der Waals surface area contributed by atoms with Crippen molar-refractivity contribution >= 4 is 11.8 Å². The van der Waals surface area contributed by atoms with Gasteiger partial charge in [0.15, 0.2) is 0 Å². The highest BCUT2D eigenvalue weighted by Gasteiger charge is 2.20. The molecule has 0 aromatic rings. The molecular formula is C12H22N2O3. The van der Waals surface area contributed by atoms with Crippen molar-refractivity contribution in [2.45, 2.75) is 32.6 Å². The van der Waals surface area contributed by atoms with Gasteiger partial charge in [0.05, 0.1) is 6.54 Å². The molecule has 0 aliphatic carbocycles. The predicted molar refractivity (Wildman–Crippen MR) is 64.3 cm³/mol. The molecular weight excluding hydrogens is 220 g/mol. The molecule has 0 radical (unpaired) electrons. The summed E-state index contributed by atoms with van der Waals surface area (Å²) in [5.41, 5.74) is 0. The fourth-order valence-corrected chi connectivity index (χ4v) is 1.87. The Morgan fingerprint density at radius 3 is 2.94 bits per heavy atom. The lowest BCUT2D eigenvalue weighted by molar-refractivity contribution is -0.137. The van der Waals surface area contributed by atoms with Gasteiger partial charge in [0.25, 0.3) is 0 Å². The Morgan fingerprint density at radius 1 is 1.53 bits per heavy atom. The van der Waals surface area contributed by atoms with Crippen LogP contribution in [-0.2, 0) is 9.59 Å². The topological polar surface area (TPSA) is 69.6 Å². The summed E-state index contributed by atoms with van der Waals surface area (Å²) < 4.78 is 0. The van der Waals surface area contributed by atoms with E-state index in [1.165, 1.54) is 0 Å². The van der Waals surface area contributed by atoms with Crippen molar-refractivity contribution in [1.29, 1.82) is 0 Å². The largest absolute Gasteiger partial charge is 0.396 e. The highest BCUT2D eigenvalue weighted by Crippen LogP contribution is 2.09. The summed E-state index contributed by atoms with van der Waals surface area (Å²) in [6, 6.07) is 0. The highest BCUT2D eigenvalue weighted by atomic mass is 16.3. The summed E-state index contributed by atoms with van der Waals surface area (Å²) in [6.07, 6.45) is 3.17. The van der Waals surface area contributed by atoms with Crippen LogP contribution in [-0.4, -0.2) is 48.1 Å². The predicted octanol–water partition coefficient (Wildman–Crippen LogP) is 0.134. The summed E-state index contributed by atoms with van der Waals surface area (Å²) in [7, 11) is 0. The fourth-order valence-electron chi connectivity index (χ4n) is 1.87. The van der Waals surface area contributed by atoms with E-state index in [4.69, 9.17) is 5.11 Å².